The Labute approximate surface area is 151 Å². The van der Waals surface area contributed by atoms with Gasteiger partial charge in [0.2, 0.25) is 0 Å². The number of fused-ring (bicyclic) bond motifs is 1. The molecule has 0 heterocycles. The van der Waals surface area contributed by atoms with Gasteiger partial charge >= 0.3 is 5.97 Å². The number of ether oxygens (including phenoxy) is 1. The van der Waals surface area contributed by atoms with E-state index in [4.69, 9.17) is 10.5 Å². The van der Waals surface area contributed by atoms with Gasteiger partial charge in [-0.05, 0) is 47.5 Å². The van der Waals surface area contributed by atoms with E-state index in [0.717, 1.165) is 16.3 Å². The lowest BCUT2D eigenvalue weighted by atomic mass is 10.00. The Morgan fingerprint density at radius 3 is 2.46 bits per heavy atom. The number of rotatable bonds is 5. The van der Waals surface area contributed by atoms with Crippen molar-refractivity contribution in [3.05, 3.63) is 77.9 Å². The Morgan fingerprint density at radius 2 is 1.69 bits per heavy atom. The molecule has 0 aliphatic rings. The summed E-state index contributed by atoms with van der Waals surface area (Å²) < 4.78 is 5.06. The van der Waals surface area contributed by atoms with E-state index in [0.29, 0.717) is 11.3 Å². The van der Waals surface area contributed by atoms with Crippen LogP contribution < -0.4 is 11.1 Å². The van der Waals surface area contributed by atoms with Crippen LogP contribution >= 0.6 is 0 Å². The number of esters is 1. The molecule has 0 saturated carbocycles. The number of carbonyl (C=O) groups is 2. The highest BCUT2D eigenvalue weighted by Crippen LogP contribution is 2.23. The maximum atomic E-state index is 12.1. The van der Waals surface area contributed by atoms with E-state index in [9.17, 15) is 9.59 Å². The molecule has 132 valence electrons. The number of anilines is 1. The lowest BCUT2D eigenvalue weighted by Crippen LogP contribution is -2.31. The Morgan fingerprint density at radius 1 is 1.00 bits per heavy atom. The minimum absolute atomic E-state index is 0.205. The molecule has 0 spiro atoms. The topological polar surface area (TPSA) is 81.4 Å². The summed E-state index contributed by atoms with van der Waals surface area (Å²) in [7, 11) is 0. The summed E-state index contributed by atoms with van der Waals surface area (Å²) in [5, 5.41) is 5.06. The van der Waals surface area contributed by atoms with Crippen molar-refractivity contribution in [3.63, 3.8) is 0 Å². The van der Waals surface area contributed by atoms with E-state index in [2.05, 4.69) is 5.32 Å². The predicted molar refractivity (Wildman–Crippen MR) is 102 cm³/mol. The molecular formula is C21H20N2O3. The van der Waals surface area contributed by atoms with Crippen LogP contribution in [0.2, 0.25) is 0 Å². The van der Waals surface area contributed by atoms with Crippen molar-refractivity contribution in [2.45, 2.75) is 13.0 Å². The summed E-state index contributed by atoms with van der Waals surface area (Å²) in [5.74, 6) is -0.910. The minimum Gasteiger partial charge on any atom is -0.452 e. The number of amides is 1. The van der Waals surface area contributed by atoms with Gasteiger partial charge in [-0.25, -0.2) is 4.79 Å². The van der Waals surface area contributed by atoms with Gasteiger partial charge in [-0.3, -0.25) is 4.79 Å². The summed E-state index contributed by atoms with van der Waals surface area (Å²) in [6, 6.07) is 20.1. The fraction of sp³-hybridized carbons (Fsp3) is 0.143. The molecule has 3 N–H and O–H groups in total. The number of nitrogens with one attached hydrogen (secondary N) is 1. The molecule has 1 amide bonds. The van der Waals surface area contributed by atoms with Gasteiger partial charge in [-0.2, -0.15) is 0 Å². The van der Waals surface area contributed by atoms with Crippen LogP contribution in [0.15, 0.2) is 66.7 Å². The minimum atomic E-state index is -0.557. The molecule has 0 saturated heterocycles. The molecule has 3 rings (SSSR count). The first-order chi connectivity index (χ1) is 12.5. The smallest absolute Gasteiger partial charge is 0.338 e. The van der Waals surface area contributed by atoms with E-state index >= 15 is 0 Å². The zero-order valence-electron chi connectivity index (χ0n) is 14.4. The van der Waals surface area contributed by atoms with Crippen molar-refractivity contribution in [3.8, 4) is 0 Å². The van der Waals surface area contributed by atoms with Crippen molar-refractivity contribution in [1.82, 2.24) is 5.32 Å². The lowest BCUT2D eigenvalue weighted by molar-refractivity contribution is -0.124. The summed E-state index contributed by atoms with van der Waals surface area (Å²) >= 11 is 0. The zero-order chi connectivity index (χ0) is 18.5. The number of hydrogen-bond acceptors (Lipinski definition) is 4. The van der Waals surface area contributed by atoms with Crippen LogP contribution in [0.4, 0.5) is 5.69 Å². The molecular weight excluding hydrogens is 328 g/mol. The van der Waals surface area contributed by atoms with Crippen molar-refractivity contribution < 1.29 is 14.3 Å². The van der Waals surface area contributed by atoms with Crippen molar-refractivity contribution in [1.29, 1.82) is 0 Å². The fourth-order valence-corrected chi connectivity index (χ4v) is 2.82. The first-order valence-corrected chi connectivity index (χ1v) is 8.34. The number of nitrogen functional groups attached to an aromatic ring is 1. The Balaban J connectivity index is 1.60. The normalized spacial score (nSPS) is 11.7. The van der Waals surface area contributed by atoms with Crippen LogP contribution in [0.1, 0.15) is 28.9 Å². The zero-order valence-corrected chi connectivity index (χ0v) is 14.4. The summed E-state index contributed by atoms with van der Waals surface area (Å²) in [4.78, 5) is 24.1. The third-order valence-corrected chi connectivity index (χ3v) is 4.15. The monoisotopic (exact) mass is 348 g/mol. The number of benzene rings is 3. The molecule has 0 radical (unpaired) electrons. The van der Waals surface area contributed by atoms with E-state index in [1.807, 2.05) is 49.4 Å². The van der Waals surface area contributed by atoms with Gasteiger partial charge in [0.05, 0.1) is 11.6 Å². The molecule has 0 fully saturated rings. The maximum Gasteiger partial charge on any atom is 0.338 e. The van der Waals surface area contributed by atoms with Gasteiger partial charge in [0.1, 0.15) is 0 Å². The largest absolute Gasteiger partial charge is 0.452 e. The highest BCUT2D eigenvalue weighted by Gasteiger charge is 2.14. The fourth-order valence-electron chi connectivity index (χ4n) is 2.82. The number of nitrogens with two attached hydrogens (primary N) is 1. The number of hydrogen-bond donors (Lipinski definition) is 2. The van der Waals surface area contributed by atoms with Crippen LogP contribution in [0.3, 0.4) is 0 Å². The summed E-state index contributed by atoms with van der Waals surface area (Å²) in [5.41, 5.74) is 7.51. The van der Waals surface area contributed by atoms with Crippen LogP contribution in [0.5, 0.6) is 0 Å². The van der Waals surface area contributed by atoms with Gasteiger partial charge in [0.25, 0.3) is 5.91 Å². The first kappa shape index (κ1) is 17.5. The molecule has 0 unspecified atom stereocenters. The van der Waals surface area contributed by atoms with E-state index in [-0.39, 0.29) is 18.6 Å². The predicted octanol–water partition coefficient (Wildman–Crippen LogP) is 3.46. The lowest BCUT2D eigenvalue weighted by Gasteiger charge is -2.16. The molecule has 26 heavy (non-hydrogen) atoms. The average molecular weight is 348 g/mol. The quantitative estimate of drug-likeness (QED) is 0.546. The van der Waals surface area contributed by atoms with Crippen LogP contribution in [0, 0.1) is 0 Å². The average Bonchev–Trinajstić information content (AvgIpc) is 2.66. The van der Waals surface area contributed by atoms with Gasteiger partial charge in [-0.15, -0.1) is 0 Å². The van der Waals surface area contributed by atoms with Gasteiger partial charge < -0.3 is 15.8 Å². The van der Waals surface area contributed by atoms with Gasteiger partial charge in [-0.1, -0.05) is 42.5 Å². The molecule has 3 aromatic carbocycles. The van der Waals surface area contributed by atoms with E-state index in [1.54, 1.807) is 24.3 Å². The molecule has 3 aromatic rings. The molecule has 0 aliphatic carbocycles. The molecule has 0 aliphatic heterocycles. The molecule has 0 bridgehead atoms. The molecule has 1 atom stereocenters. The highest BCUT2D eigenvalue weighted by atomic mass is 16.5. The molecule has 5 nitrogen and oxygen atoms in total. The Bertz CT molecular complexity index is 930. The van der Waals surface area contributed by atoms with Crippen LogP contribution in [0.25, 0.3) is 10.8 Å². The SMILES string of the molecule is C[C@H](NC(=O)COC(=O)c1ccc(N)cc1)c1cccc2ccccc12. The van der Waals surface area contributed by atoms with E-state index in [1.165, 1.54) is 0 Å². The second-order valence-electron chi connectivity index (χ2n) is 6.06. The Kier molecular flexibility index (Phi) is 5.17. The first-order valence-electron chi connectivity index (χ1n) is 8.34. The van der Waals surface area contributed by atoms with Crippen molar-refractivity contribution in [2.24, 2.45) is 0 Å². The summed E-state index contributed by atoms with van der Waals surface area (Å²) in [6.07, 6.45) is 0. The van der Waals surface area contributed by atoms with Crippen LogP contribution in [-0.2, 0) is 9.53 Å². The standard InChI is InChI=1S/C21H20N2O3/c1-14(18-8-4-6-15-5-2-3-7-19(15)18)23-20(24)13-26-21(25)16-9-11-17(22)12-10-16/h2-12,14H,13,22H2,1H3,(H,23,24)/t14-/m0/s1. The van der Waals surface area contributed by atoms with Crippen LogP contribution in [-0.4, -0.2) is 18.5 Å². The number of carbonyl (C=O) groups excluding carboxylic acids is 2. The third-order valence-electron chi connectivity index (χ3n) is 4.15. The second-order valence-corrected chi connectivity index (χ2v) is 6.06. The van der Waals surface area contributed by atoms with Gasteiger partial charge in [0.15, 0.2) is 6.61 Å². The third kappa shape index (κ3) is 4.00. The second kappa shape index (κ2) is 7.70. The summed E-state index contributed by atoms with van der Waals surface area (Å²) in [6.45, 7) is 1.57. The van der Waals surface area contributed by atoms with E-state index < -0.39 is 5.97 Å². The highest BCUT2D eigenvalue weighted by molar-refractivity contribution is 5.92. The van der Waals surface area contributed by atoms with Gasteiger partial charge in [0, 0.05) is 5.69 Å². The Hall–Kier alpha value is -3.34. The van der Waals surface area contributed by atoms with Crippen molar-refractivity contribution in [2.75, 3.05) is 12.3 Å². The molecule has 0 aromatic heterocycles. The van der Waals surface area contributed by atoms with Crippen molar-refractivity contribution >= 4 is 28.3 Å². The molecule has 5 heteroatoms. The maximum absolute atomic E-state index is 12.1.